The molecule has 16 atom stereocenters. The van der Waals surface area contributed by atoms with Gasteiger partial charge in [-0.15, -0.1) is 0 Å². The molecule has 728 valence electrons. The quantitative estimate of drug-likeness (QED) is 0.0316. The van der Waals surface area contributed by atoms with Gasteiger partial charge in [0.15, 0.2) is 22.6 Å². The molecule has 4 saturated carbocycles. The third-order valence-corrected chi connectivity index (χ3v) is 27.9. The number of aromatic nitrogens is 20. The van der Waals surface area contributed by atoms with Crippen LogP contribution in [0.4, 0.5) is 40.8 Å². The van der Waals surface area contributed by atoms with Gasteiger partial charge in [0.05, 0.1) is 173 Å². The van der Waals surface area contributed by atoms with Crippen LogP contribution in [0.3, 0.4) is 0 Å². The van der Waals surface area contributed by atoms with E-state index in [1.165, 1.54) is 24.8 Å². The number of fused-ring (bicyclic) bond motifs is 8. The number of carbonyl (C=O) groups excluding carboxylic acids is 4. The minimum atomic E-state index is -1.13. The Morgan fingerprint density at radius 1 is 0.321 bits per heavy atom. The molecule has 16 aromatic rings. The van der Waals surface area contributed by atoms with Crippen LogP contribution >= 0.6 is 0 Å². The van der Waals surface area contributed by atoms with Crippen LogP contribution in [0, 0.1) is 0 Å². The number of aliphatic hydroxyl groups excluding tert-OH is 4. The highest BCUT2D eigenvalue weighted by atomic mass is 19.1. The van der Waals surface area contributed by atoms with Gasteiger partial charge in [0.1, 0.15) is 92.8 Å². The molecule has 4 amide bonds. The monoisotopic (exact) mass is 1920 g/mol. The van der Waals surface area contributed by atoms with Crippen molar-refractivity contribution >= 4 is 114 Å². The number of nitrogens with zero attached hydrogens (tertiary/aromatic N) is 20. The molecule has 4 aliphatic carbocycles. The Morgan fingerprint density at radius 3 is 0.729 bits per heavy atom. The van der Waals surface area contributed by atoms with Crippen molar-refractivity contribution in [2.45, 2.75) is 174 Å². The van der Waals surface area contributed by atoms with Crippen LogP contribution in [0.25, 0.3) is 112 Å². The summed E-state index contributed by atoms with van der Waals surface area (Å²) in [7, 11) is 7.07. The topological polar surface area (TPSA) is 474 Å². The number of amides is 4. The van der Waals surface area contributed by atoms with Crippen LogP contribution in [0.15, 0.2) is 147 Å². The van der Waals surface area contributed by atoms with E-state index < -0.39 is 73.3 Å². The van der Waals surface area contributed by atoms with E-state index in [1.807, 2.05) is 116 Å². The fraction of sp³-hybridized carbons (Fsp3) is 0.417. The Kier molecular flexibility index (Phi) is 25.5. The lowest BCUT2D eigenvalue weighted by atomic mass is 10.1. The van der Waals surface area contributed by atoms with E-state index in [0.29, 0.717) is 139 Å². The first-order chi connectivity index (χ1) is 68.2. The molecule has 8 aliphatic rings. The van der Waals surface area contributed by atoms with Crippen molar-refractivity contribution < 1.29 is 76.1 Å². The fourth-order valence-electron chi connectivity index (χ4n) is 20.4. The average Bonchev–Trinajstić information content (AvgIpc) is 1.64. The second-order valence-corrected chi connectivity index (χ2v) is 36.4. The number of nitrogens with one attached hydrogen (secondary N) is 8. The van der Waals surface area contributed by atoms with Crippen molar-refractivity contribution in [2.75, 3.05) is 102 Å². The second-order valence-electron chi connectivity index (χ2n) is 36.4. The van der Waals surface area contributed by atoms with Crippen LogP contribution in [0.1, 0.15) is 143 Å². The number of hydrogen-bond acceptors (Lipinski definition) is 28. The minimum absolute atomic E-state index is 0.0601. The molecule has 8 fully saturated rings. The van der Waals surface area contributed by atoms with Crippen LogP contribution in [0.5, 0.6) is 0 Å². The molecule has 24 rings (SSSR count). The smallest absolute Gasteiger partial charge is 0.257 e. The molecule has 1 unspecified atom stereocenters. The molecular weight excluding hydrogens is 1810 g/mol. The standard InChI is InChI=1S/4C24H26FN7O3/c4*1-26-21-8-18(15-10-31(19-12-35-11-16(19)25)22-13(15)4-3-7-27-22)29-23-14(9-28-32(21)23)24(34)30-17-5-2-6-20(17)33/h4*3-4,7-10,16-17,19-20,26,33H,2,5-6,11-12H2,1H3,(H,30,34)/t16-,17?,19+,20+;16-,17+,19+,20-;2*16-,17-,19+,20+/m0010/s1. The highest BCUT2D eigenvalue weighted by molar-refractivity contribution is 6.05. The summed E-state index contributed by atoms with van der Waals surface area (Å²) < 4.78 is 93.2. The maximum absolute atomic E-state index is 14.6. The lowest BCUT2D eigenvalue weighted by Crippen LogP contribution is -2.39. The summed E-state index contributed by atoms with van der Waals surface area (Å²) in [5.41, 5.74) is 10.9. The van der Waals surface area contributed by atoms with Gasteiger partial charge in [0, 0.05) is 146 Å². The highest BCUT2D eigenvalue weighted by Gasteiger charge is 2.40. The number of carbonyl (C=O) groups is 4. The molecule has 4 aliphatic heterocycles. The second kappa shape index (κ2) is 38.8. The van der Waals surface area contributed by atoms with Gasteiger partial charge >= 0.3 is 0 Å². The van der Waals surface area contributed by atoms with Crippen molar-refractivity contribution in [2.24, 2.45) is 0 Å². The fourth-order valence-corrected chi connectivity index (χ4v) is 20.4. The Balaban J connectivity index is 0.000000111. The summed E-state index contributed by atoms with van der Waals surface area (Å²) in [6.45, 7) is 1.33. The SMILES string of the molecule is CNc1cc(-c2cn([C@@H]3COC[C@@H]3F)c3ncccc23)nc2c(C(=O)NC3CCC[C@H]3O)cnn12.CNc1cc(-c2cn([C@@H]3COC[C@@H]3F)c3ncccc23)nc2c(C(=O)N[C@@H]3CCC[C@@H]3O)cnn12.CNc1cc(-c2cn([C@@H]3COC[C@@H]3F)c3ncccc23)nc2c(C(=O)N[C@H]3CCC[C@H]3O)cnn12.CNc1cc(-c2cn([C@H]3COC[C@H]3F)c3ncccc23)nc2c(C(=O)N[C@@H]3CCC[C@@H]3O)cnn12. The zero-order valence-electron chi connectivity index (χ0n) is 76.7. The van der Waals surface area contributed by atoms with E-state index >= 15 is 0 Å². The number of alkyl halides is 4. The van der Waals surface area contributed by atoms with Gasteiger partial charge in [-0.2, -0.15) is 38.5 Å². The Bertz CT molecular complexity index is 6520. The predicted molar refractivity (Wildman–Crippen MR) is 508 cm³/mol. The molecule has 44 heteroatoms. The van der Waals surface area contributed by atoms with Gasteiger partial charge < -0.3 is 100 Å². The zero-order chi connectivity index (χ0) is 96.4. The summed E-state index contributed by atoms with van der Waals surface area (Å²) in [5, 5.41) is 85.4. The zero-order valence-corrected chi connectivity index (χ0v) is 76.7. The van der Waals surface area contributed by atoms with Crippen molar-refractivity contribution in [1.29, 1.82) is 0 Å². The third-order valence-electron chi connectivity index (χ3n) is 27.9. The van der Waals surface area contributed by atoms with Crippen LogP contribution in [0.2, 0.25) is 0 Å². The van der Waals surface area contributed by atoms with Gasteiger partial charge in [-0.3, -0.25) is 19.2 Å². The molecule has 0 bridgehead atoms. The van der Waals surface area contributed by atoms with Crippen molar-refractivity contribution in [3.63, 3.8) is 0 Å². The number of rotatable bonds is 20. The van der Waals surface area contributed by atoms with Crippen molar-refractivity contribution in [3.05, 3.63) is 169 Å². The van der Waals surface area contributed by atoms with Gasteiger partial charge in [-0.05, 0) is 126 Å². The number of anilines is 4. The number of hydrogen-bond donors (Lipinski definition) is 12. The Hall–Kier alpha value is -14.3. The number of pyridine rings is 4. The predicted octanol–water partition coefficient (Wildman–Crippen LogP) is 9.36. The first-order valence-corrected chi connectivity index (χ1v) is 47.1. The largest absolute Gasteiger partial charge is 0.391 e. The number of aliphatic hydroxyl groups is 4. The summed E-state index contributed by atoms with van der Waals surface area (Å²) in [5.74, 6) is 1.25. The van der Waals surface area contributed by atoms with Gasteiger partial charge in [-0.25, -0.2) is 57.4 Å². The van der Waals surface area contributed by atoms with Crippen LogP contribution < -0.4 is 42.5 Å². The lowest BCUT2D eigenvalue weighted by Gasteiger charge is -2.16. The third kappa shape index (κ3) is 17.1. The van der Waals surface area contributed by atoms with Gasteiger partial charge in [0.25, 0.3) is 23.6 Å². The maximum Gasteiger partial charge on any atom is 0.257 e. The number of ether oxygens (including phenoxy) is 4. The number of halogens is 4. The highest BCUT2D eigenvalue weighted by Crippen LogP contribution is 2.42. The first kappa shape index (κ1) is 92.1. The van der Waals surface area contributed by atoms with E-state index in [9.17, 15) is 57.2 Å². The van der Waals surface area contributed by atoms with E-state index in [-0.39, 0.29) is 101 Å². The molecule has 0 aromatic carbocycles. The summed E-state index contributed by atoms with van der Waals surface area (Å²) in [6.07, 6.45) is 22.5. The Morgan fingerprint density at radius 2 is 0.543 bits per heavy atom. The molecule has 4 saturated heterocycles. The maximum atomic E-state index is 14.6. The molecule has 0 radical (unpaired) electrons. The normalized spacial score (nSPS) is 24.4. The summed E-state index contributed by atoms with van der Waals surface area (Å²) in [6, 6.07) is 19.4. The van der Waals surface area contributed by atoms with Crippen molar-refractivity contribution in [3.8, 4) is 45.0 Å². The molecule has 16 aromatic heterocycles. The van der Waals surface area contributed by atoms with E-state index in [1.54, 1.807) is 71.0 Å². The van der Waals surface area contributed by atoms with Gasteiger partial charge in [0.2, 0.25) is 0 Å². The van der Waals surface area contributed by atoms with E-state index in [0.717, 1.165) is 95.2 Å². The van der Waals surface area contributed by atoms with Gasteiger partial charge in [-0.1, -0.05) is 0 Å². The molecule has 20 heterocycles. The lowest BCUT2D eigenvalue weighted by molar-refractivity contribution is 0.0869. The molecule has 12 N–H and O–H groups in total. The molecule has 0 spiro atoms. The first-order valence-electron chi connectivity index (χ1n) is 47.1. The van der Waals surface area contributed by atoms with E-state index in [4.69, 9.17) is 38.9 Å². The summed E-state index contributed by atoms with van der Waals surface area (Å²) >= 11 is 0. The van der Waals surface area contributed by atoms with Crippen LogP contribution in [-0.4, -0.2) is 295 Å². The summed E-state index contributed by atoms with van der Waals surface area (Å²) in [4.78, 5) is 89.6. The molecule has 140 heavy (non-hydrogen) atoms. The van der Waals surface area contributed by atoms with Crippen LogP contribution in [-0.2, 0) is 18.9 Å². The van der Waals surface area contributed by atoms with Crippen molar-refractivity contribution in [1.82, 2.24) is 118 Å². The Labute approximate surface area is 795 Å². The molecular formula is C96H104F4N28O12. The van der Waals surface area contributed by atoms with E-state index in [2.05, 4.69) is 82.9 Å². The molecule has 40 nitrogen and oxygen atoms in total. The minimum Gasteiger partial charge on any atom is -0.391 e. The average molecular weight is 1920 g/mol.